The molecule has 3 N–H and O–H groups in total. The van der Waals surface area contributed by atoms with Gasteiger partial charge in [0.05, 0.1) is 11.4 Å². The molecular formula is C13H23N5. The third-order valence-corrected chi connectivity index (χ3v) is 3.71. The number of nitrogens with two attached hydrogens (primary N) is 1. The van der Waals surface area contributed by atoms with Crippen LogP contribution in [0.1, 0.15) is 18.5 Å². The summed E-state index contributed by atoms with van der Waals surface area (Å²) in [5, 5.41) is 0. The first-order chi connectivity index (χ1) is 8.69. The summed E-state index contributed by atoms with van der Waals surface area (Å²) in [5.74, 6) is 5.41. The topological polar surface area (TPSA) is 57.4 Å². The highest BCUT2D eigenvalue weighted by atomic mass is 15.2. The van der Waals surface area contributed by atoms with Gasteiger partial charge < -0.3 is 10.3 Å². The minimum Gasteiger partial charge on any atom is -0.324 e. The first-order valence-corrected chi connectivity index (χ1v) is 6.49. The van der Waals surface area contributed by atoms with Gasteiger partial charge >= 0.3 is 0 Å². The molecule has 5 heteroatoms. The normalized spacial score (nSPS) is 18.2. The lowest BCUT2D eigenvalue weighted by atomic mass is 10.0. The zero-order valence-corrected chi connectivity index (χ0v) is 11.3. The van der Waals surface area contributed by atoms with E-state index in [1.54, 1.807) is 6.20 Å². The third kappa shape index (κ3) is 3.41. The molecule has 1 fully saturated rings. The Morgan fingerprint density at radius 2 is 2.22 bits per heavy atom. The molecule has 0 bridgehead atoms. The van der Waals surface area contributed by atoms with Crippen molar-refractivity contribution in [3.63, 3.8) is 0 Å². The lowest BCUT2D eigenvalue weighted by Gasteiger charge is -2.34. The van der Waals surface area contributed by atoms with E-state index in [-0.39, 0.29) is 0 Å². The van der Waals surface area contributed by atoms with Crippen molar-refractivity contribution in [2.45, 2.75) is 25.4 Å². The molecule has 0 aliphatic carbocycles. The third-order valence-electron chi connectivity index (χ3n) is 3.71. The quantitative estimate of drug-likeness (QED) is 0.613. The number of nitrogens with one attached hydrogen (secondary N) is 1. The number of rotatable bonds is 4. The van der Waals surface area contributed by atoms with Crippen LogP contribution in [0.5, 0.6) is 0 Å². The number of hydrazine groups is 1. The molecule has 0 atom stereocenters. The molecule has 2 heterocycles. The maximum atomic E-state index is 5.41. The number of nitrogens with zero attached hydrogens (tertiary/aromatic N) is 3. The summed E-state index contributed by atoms with van der Waals surface area (Å²) >= 11 is 0. The molecule has 0 spiro atoms. The lowest BCUT2D eigenvalue weighted by molar-refractivity contribution is 0.138. The summed E-state index contributed by atoms with van der Waals surface area (Å²) in [4.78, 5) is 9.18. The van der Waals surface area contributed by atoms with Gasteiger partial charge in [-0.15, -0.1) is 0 Å². The van der Waals surface area contributed by atoms with Gasteiger partial charge in [-0.3, -0.25) is 15.7 Å². The highest BCUT2D eigenvalue weighted by Gasteiger charge is 2.20. The fourth-order valence-corrected chi connectivity index (χ4v) is 2.47. The summed E-state index contributed by atoms with van der Waals surface area (Å²) in [7, 11) is 4.37. The monoisotopic (exact) mass is 249 g/mol. The summed E-state index contributed by atoms with van der Waals surface area (Å²) in [6.45, 7) is 3.25. The van der Waals surface area contributed by atoms with Crippen molar-refractivity contribution in [1.29, 1.82) is 0 Å². The fraction of sp³-hybridized carbons (Fsp3) is 0.615. The number of hydrogen-bond acceptors (Lipinski definition) is 5. The second-order valence-corrected chi connectivity index (χ2v) is 5.13. The molecule has 18 heavy (non-hydrogen) atoms. The van der Waals surface area contributed by atoms with E-state index in [1.165, 1.54) is 25.9 Å². The zero-order valence-electron chi connectivity index (χ0n) is 11.3. The van der Waals surface area contributed by atoms with E-state index in [4.69, 9.17) is 5.84 Å². The van der Waals surface area contributed by atoms with Crippen molar-refractivity contribution in [2.75, 3.05) is 32.6 Å². The number of anilines is 1. The maximum Gasteiger partial charge on any atom is 0.0564 e. The standard InChI is InChI=1S/C13H23N5/c1-17-7-4-13(5-8-17)18(2)10-12-9-11(16-14)3-6-15-12/h3,6,9,13H,4-5,7-8,10,14H2,1-2H3,(H,15,16). The van der Waals surface area contributed by atoms with E-state index < -0.39 is 0 Å². The van der Waals surface area contributed by atoms with E-state index in [2.05, 4.69) is 34.3 Å². The molecular weight excluding hydrogens is 226 g/mol. The van der Waals surface area contributed by atoms with Crippen molar-refractivity contribution in [3.8, 4) is 0 Å². The van der Waals surface area contributed by atoms with Gasteiger partial charge in [0.25, 0.3) is 0 Å². The van der Waals surface area contributed by atoms with Crippen LogP contribution in [-0.2, 0) is 6.54 Å². The number of hydrogen-bond donors (Lipinski definition) is 2. The molecule has 1 saturated heterocycles. The van der Waals surface area contributed by atoms with Crippen LogP contribution in [-0.4, -0.2) is 48.0 Å². The number of piperidine rings is 1. The summed E-state index contributed by atoms with van der Waals surface area (Å²) < 4.78 is 0. The largest absolute Gasteiger partial charge is 0.324 e. The summed E-state index contributed by atoms with van der Waals surface area (Å²) in [5.41, 5.74) is 4.64. The molecule has 2 rings (SSSR count). The van der Waals surface area contributed by atoms with Crippen LogP contribution in [0, 0.1) is 0 Å². The van der Waals surface area contributed by atoms with Crippen LogP contribution in [0.3, 0.4) is 0 Å². The Morgan fingerprint density at radius 3 is 2.89 bits per heavy atom. The average molecular weight is 249 g/mol. The molecule has 0 radical (unpaired) electrons. The second-order valence-electron chi connectivity index (χ2n) is 5.13. The van der Waals surface area contributed by atoms with Crippen LogP contribution < -0.4 is 11.3 Å². The smallest absolute Gasteiger partial charge is 0.0564 e. The molecule has 0 amide bonds. The Kier molecular flexibility index (Phi) is 4.52. The molecule has 1 aliphatic rings. The van der Waals surface area contributed by atoms with Crippen LogP contribution in [0.2, 0.25) is 0 Å². The minimum atomic E-state index is 0.664. The Bertz CT molecular complexity index is 373. The van der Waals surface area contributed by atoms with Gasteiger partial charge in [-0.2, -0.15) is 0 Å². The predicted octanol–water partition coefficient (Wildman–Crippen LogP) is 0.893. The maximum absolute atomic E-state index is 5.41. The molecule has 0 saturated carbocycles. The van der Waals surface area contributed by atoms with Crippen molar-refractivity contribution < 1.29 is 0 Å². The van der Waals surface area contributed by atoms with Crippen molar-refractivity contribution in [2.24, 2.45) is 5.84 Å². The Labute approximate surface area is 109 Å². The van der Waals surface area contributed by atoms with Crippen LogP contribution >= 0.6 is 0 Å². The van der Waals surface area contributed by atoms with E-state index in [9.17, 15) is 0 Å². The molecule has 5 nitrogen and oxygen atoms in total. The van der Waals surface area contributed by atoms with Gasteiger partial charge in [0.2, 0.25) is 0 Å². The summed E-state index contributed by atoms with van der Waals surface area (Å²) in [6, 6.07) is 4.54. The Morgan fingerprint density at radius 1 is 1.50 bits per heavy atom. The van der Waals surface area contributed by atoms with Crippen LogP contribution in [0.15, 0.2) is 18.3 Å². The highest BCUT2D eigenvalue weighted by Crippen LogP contribution is 2.16. The van der Waals surface area contributed by atoms with Crippen LogP contribution in [0.25, 0.3) is 0 Å². The van der Waals surface area contributed by atoms with Crippen molar-refractivity contribution in [1.82, 2.24) is 14.8 Å². The molecule has 1 aromatic heterocycles. The first-order valence-electron chi connectivity index (χ1n) is 6.49. The minimum absolute atomic E-state index is 0.664. The molecule has 100 valence electrons. The molecule has 1 aromatic rings. The second kappa shape index (κ2) is 6.13. The van der Waals surface area contributed by atoms with Gasteiger partial charge in [-0.25, -0.2) is 0 Å². The SMILES string of the molecule is CN1CCC(N(C)Cc2cc(NN)ccn2)CC1. The van der Waals surface area contributed by atoms with Gasteiger partial charge in [0.1, 0.15) is 0 Å². The number of aromatic nitrogens is 1. The average Bonchev–Trinajstić information content (AvgIpc) is 2.39. The van der Waals surface area contributed by atoms with E-state index in [0.717, 1.165) is 17.9 Å². The number of likely N-dealkylation sites (tertiary alicyclic amines) is 1. The molecule has 0 unspecified atom stereocenters. The number of nitrogen functional groups attached to an aromatic ring is 1. The molecule has 0 aromatic carbocycles. The Balaban J connectivity index is 1.91. The van der Waals surface area contributed by atoms with Crippen molar-refractivity contribution >= 4 is 5.69 Å². The number of pyridine rings is 1. The lowest BCUT2D eigenvalue weighted by Crippen LogP contribution is -2.41. The van der Waals surface area contributed by atoms with Crippen LogP contribution in [0.4, 0.5) is 5.69 Å². The van der Waals surface area contributed by atoms with Gasteiger partial charge in [0, 0.05) is 18.8 Å². The Hall–Kier alpha value is -1.17. The highest BCUT2D eigenvalue weighted by molar-refractivity contribution is 5.41. The summed E-state index contributed by atoms with van der Waals surface area (Å²) in [6.07, 6.45) is 4.27. The van der Waals surface area contributed by atoms with Gasteiger partial charge in [-0.1, -0.05) is 0 Å². The van der Waals surface area contributed by atoms with E-state index in [0.29, 0.717) is 6.04 Å². The van der Waals surface area contributed by atoms with Crippen molar-refractivity contribution in [3.05, 3.63) is 24.0 Å². The zero-order chi connectivity index (χ0) is 13.0. The van der Waals surface area contributed by atoms with Gasteiger partial charge in [0.15, 0.2) is 0 Å². The fourth-order valence-electron chi connectivity index (χ4n) is 2.47. The van der Waals surface area contributed by atoms with Gasteiger partial charge in [-0.05, 0) is 52.2 Å². The molecule has 1 aliphatic heterocycles. The first kappa shape index (κ1) is 13.3. The predicted molar refractivity (Wildman–Crippen MR) is 74.0 cm³/mol. The van der Waals surface area contributed by atoms with E-state index >= 15 is 0 Å². The van der Waals surface area contributed by atoms with E-state index in [1.807, 2.05) is 12.1 Å².